The smallest absolute Gasteiger partial charge is 0.246 e. The zero-order valence-corrected chi connectivity index (χ0v) is 15.9. The van der Waals surface area contributed by atoms with Crippen LogP contribution < -0.4 is 0 Å². The molecule has 1 atom stereocenters. The first-order valence-corrected chi connectivity index (χ1v) is 9.27. The van der Waals surface area contributed by atoms with E-state index >= 15 is 0 Å². The van der Waals surface area contributed by atoms with Gasteiger partial charge in [0.15, 0.2) is 0 Å². The molecule has 0 radical (unpaired) electrons. The molecule has 1 amide bonds. The number of aromatic nitrogens is 2. The van der Waals surface area contributed by atoms with Crippen LogP contribution in [0.15, 0.2) is 64.0 Å². The quantitative estimate of drug-likeness (QED) is 0.612. The molecule has 5 nitrogen and oxygen atoms in total. The highest BCUT2D eigenvalue weighted by atomic mass is 32.2. The van der Waals surface area contributed by atoms with Gasteiger partial charge in [-0.3, -0.25) is 4.79 Å². The third-order valence-electron chi connectivity index (χ3n) is 3.90. The van der Waals surface area contributed by atoms with Gasteiger partial charge in [0.1, 0.15) is 0 Å². The maximum atomic E-state index is 12.6. The molecule has 0 aliphatic rings. The fraction of sp³-hybridized carbons (Fsp3) is 0.250. The summed E-state index contributed by atoms with van der Waals surface area (Å²) >= 11 is 1.54. The van der Waals surface area contributed by atoms with E-state index < -0.39 is 0 Å². The van der Waals surface area contributed by atoms with Gasteiger partial charge in [-0.05, 0) is 32.0 Å². The van der Waals surface area contributed by atoms with E-state index in [9.17, 15) is 4.79 Å². The molecule has 0 N–H and O–H groups in total. The lowest BCUT2D eigenvalue weighted by atomic mass is 10.1. The van der Waals surface area contributed by atoms with Crippen LogP contribution in [0.3, 0.4) is 0 Å². The zero-order chi connectivity index (χ0) is 18.5. The van der Waals surface area contributed by atoms with Crippen molar-refractivity contribution in [1.29, 1.82) is 0 Å². The first kappa shape index (κ1) is 18.2. The summed E-state index contributed by atoms with van der Waals surface area (Å²) in [4.78, 5) is 19.7. The van der Waals surface area contributed by atoms with Gasteiger partial charge in [-0.25, -0.2) is 0 Å². The van der Waals surface area contributed by atoms with Crippen LogP contribution in [-0.4, -0.2) is 33.2 Å². The van der Waals surface area contributed by atoms with Crippen molar-refractivity contribution in [3.8, 4) is 11.4 Å². The second kappa shape index (κ2) is 8.19. The van der Waals surface area contributed by atoms with Gasteiger partial charge in [-0.2, -0.15) is 4.98 Å². The number of hydrogen-bond acceptors (Lipinski definition) is 5. The number of thioether (sulfide) groups is 1. The fourth-order valence-corrected chi connectivity index (χ4v) is 3.57. The highest BCUT2D eigenvalue weighted by Crippen LogP contribution is 2.24. The minimum absolute atomic E-state index is 0.0224. The lowest BCUT2D eigenvalue weighted by Gasteiger charge is -2.19. The summed E-state index contributed by atoms with van der Waals surface area (Å²) in [5.74, 6) is 0.986. The molecule has 26 heavy (non-hydrogen) atoms. The molecule has 0 spiro atoms. The Labute approximate surface area is 157 Å². The topological polar surface area (TPSA) is 59.2 Å². The molecule has 3 rings (SSSR count). The van der Waals surface area contributed by atoms with E-state index in [1.165, 1.54) is 11.8 Å². The Hall–Kier alpha value is -2.60. The average molecular weight is 367 g/mol. The summed E-state index contributed by atoms with van der Waals surface area (Å²) < 4.78 is 5.32. The Morgan fingerprint density at radius 3 is 2.69 bits per heavy atom. The van der Waals surface area contributed by atoms with Crippen LogP contribution in [0, 0.1) is 6.92 Å². The van der Waals surface area contributed by atoms with Crippen LogP contribution in [0.5, 0.6) is 0 Å². The van der Waals surface area contributed by atoms with Gasteiger partial charge in [0.25, 0.3) is 0 Å². The number of carbonyl (C=O) groups is 1. The molecule has 6 heteroatoms. The Balaban J connectivity index is 1.62. The zero-order valence-electron chi connectivity index (χ0n) is 15.0. The molecular weight excluding hydrogens is 346 g/mol. The molecule has 1 aromatic heterocycles. The minimum atomic E-state index is -0.193. The number of nitrogens with zero attached hydrogens (tertiary/aromatic N) is 3. The maximum absolute atomic E-state index is 12.6. The Morgan fingerprint density at radius 2 is 1.96 bits per heavy atom. The number of carbonyl (C=O) groups excluding carboxylic acids is 1. The van der Waals surface area contributed by atoms with E-state index in [4.69, 9.17) is 4.52 Å². The number of rotatable bonds is 6. The van der Waals surface area contributed by atoms with E-state index in [1.807, 2.05) is 68.4 Å². The summed E-state index contributed by atoms with van der Waals surface area (Å²) in [5.41, 5.74) is 2.04. The van der Waals surface area contributed by atoms with Gasteiger partial charge in [0, 0.05) is 17.5 Å². The summed E-state index contributed by atoms with van der Waals surface area (Å²) in [5, 5.41) is 3.83. The summed E-state index contributed by atoms with van der Waals surface area (Å²) in [6.45, 7) is 4.21. The van der Waals surface area contributed by atoms with Crippen molar-refractivity contribution >= 4 is 17.7 Å². The third kappa shape index (κ3) is 4.52. The molecule has 0 saturated heterocycles. The molecular formula is C20H21N3O2S. The third-order valence-corrected chi connectivity index (χ3v) is 5.00. The van der Waals surface area contributed by atoms with E-state index in [0.29, 0.717) is 11.7 Å². The number of amides is 1. The van der Waals surface area contributed by atoms with Crippen LogP contribution in [0.1, 0.15) is 18.4 Å². The van der Waals surface area contributed by atoms with E-state index in [2.05, 4.69) is 10.1 Å². The van der Waals surface area contributed by atoms with Gasteiger partial charge < -0.3 is 9.42 Å². The van der Waals surface area contributed by atoms with Gasteiger partial charge in [-0.15, -0.1) is 11.8 Å². The number of benzene rings is 2. The van der Waals surface area contributed by atoms with Gasteiger partial charge in [-0.1, -0.05) is 47.1 Å². The molecule has 0 aliphatic heterocycles. The first-order chi connectivity index (χ1) is 12.5. The Bertz CT molecular complexity index is 880. The van der Waals surface area contributed by atoms with Crippen LogP contribution in [0.4, 0.5) is 0 Å². The lowest BCUT2D eigenvalue weighted by Crippen LogP contribution is -2.32. The van der Waals surface area contributed by atoms with Gasteiger partial charge in [0.05, 0.1) is 11.8 Å². The van der Waals surface area contributed by atoms with Crippen LogP contribution in [0.25, 0.3) is 11.4 Å². The standard InChI is InChI=1S/C20H21N3O2S/c1-14-8-7-9-16(12-14)19-21-18(25-22-19)13-23(3)20(24)15(2)26-17-10-5-4-6-11-17/h4-12,15H,13H2,1-3H3/t15-/m0/s1. The highest BCUT2D eigenvalue weighted by molar-refractivity contribution is 8.00. The molecule has 0 aliphatic carbocycles. The summed E-state index contributed by atoms with van der Waals surface area (Å²) in [6, 6.07) is 17.8. The number of aryl methyl sites for hydroxylation is 1. The molecule has 3 aromatic rings. The van der Waals surface area contributed by atoms with Crippen molar-refractivity contribution in [3.63, 3.8) is 0 Å². The second-order valence-corrected chi connectivity index (χ2v) is 7.56. The van der Waals surface area contributed by atoms with Crippen LogP contribution >= 0.6 is 11.8 Å². The Morgan fingerprint density at radius 1 is 1.19 bits per heavy atom. The SMILES string of the molecule is Cc1cccc(-c2noc(CN(C)C(=O)[C@H](C)Sc3ccccc3)n2)c1. The van der Waals surface area contributed by atoms with Crippen molar-refractivity contribution in [3.05, 3.63) is 66.1 Å². The summed E-state index contributed by atoms with van der Waals surface area (Å²) in [6.07, 6.45) is 0. The van der Waals surface area contributed by atoms with Crippen molar-refractivity contribution in [1.82, 2.24) is 15.0 Å². The molecule has 134 valence electrons. The van der Waals surface area contributed by atoms with Crippen molar-refractivity contribution in [2.75, 3.05) is 7.05 Å². The largest absolute Gasteiger partial charge is 0.337 e. The monoisotopic (exact) mass is 367 g/mol. The minimum Gasteiger partial charge on any atom is -0.337 e. The molecule has 0 fully saturated rings. The maximum Gasteiger partial charge on any atom is 0.246 e. The van der Waals surface area contributed by atoms with Gasteiger partial charge >= 0.3 is 0 Å². The van der Waals surface area contributed by atoms with E-state index in [0.717, 1.165) is 16.0 Å². The normalized spacial score (nSPS) is 12.0. The number of hydrogen-bond donors (Lipinski definition) is 0. The fourth-order valence-electron chi connectivity index (χ4n) is 2.57. The van der Waals surface area contributed by atoms with Gasteiger partial charge in [0.2, 0.25) is 17.6 Å². The molecule has 0 saturated carbocycles. The van der Waals surface area contributed by atoms with Crippen molar-refractivity contribution in [2.45, 2.75) is 30.5 Å². The Kier molecular flexibility index (Phi) is 5.73. The molecule has 0 unspecified atom stereocenters. The predicted molar refractivity (Wildman–Crippen MR) is 103 cm³/mol. The van der Waals surface area contributed by atoms with Crippen molar-refractivity contribution in [2.24, 2.45) is 0 Å². The molecule has 2 aromatic carbocycles. The molecule has 0 bridgehead atoms. The van der Waals surface area contributed by atoms with Crippen LogP contribution in [0.2, 0.25) is 0 Å². The van der Waals surface area contributed by atoms with E-state index in [-0.39, 0.29) is 17.7 Å². The highest BCUT2D eigenvalue weighted by Gasteiger charge is 2.21. The predicted octanol–water partition coefficient (Wildman–Crippen LogP) is 4.18. The van der Waals surface area contributed by atoms with Crippen LogP contribution in [-0.2, 0) is 11.3 Å². The second-order valence-electron chi connectivity index (χ2n) is 6.15. The average Bonchev–Trinajstić information content (AvgIpc) is 3.10. The van der Waals surface area contributed by atoms with Crippen molar-refractivity contribution < 1.29 is 9.32 Å². The first-order valence-electron chi connectivity index (χ1n) is 8.39. The molecule has 1 heterocycles. The van der Waals surface area contributed by atoms with E-state index in [1.54, 1.807) is 11.9 Å². The summed E-state index contributed by atoms with van der Waals surface area (Å²) in [7, 11) is 1.75. The lowest BCUT2D eigenvalue weighted by molar-refractivity contribution is -0.129.